The number of nitrogens with zero attached hydrogens (tertiary/aromatic N) is 7. The first-order chi connectivity index (χ1) is 21.4. The van der Waals surface area contributed by atoms with E-state index in [9.17, 15) is 34.7 Å². The van der Waals surface area contributed by atoms with Gasteiger partial charge in [-0.1, -0.05) is 0 Å². The highest BCUT2D eigenvalue weighted by atomic mass is 31.2. The third-order valence-corrected chi connectivity index (χ3v) is 7.86. The molecule has 25 heteroatoms. The summed E-state index contributed by atoms with van der Waals surface area (Å²) in [5.41, 5.74) is 11.0. The fraction of sp³-hybridized carbons (Fsp3) is 0.500. The molecule has 0 bridgehead atoms. The topological polar surface area (TPSA) is 352 Å². The van der Waals surface area contributed by atoms with Crippen LogP contribution in [0.4, 0.5) is 11.8 Å². The molecule has 4 aromatic rings. The molecule has 0 radical (unpaired) electrons. The molecular weight excluding hydrogens is 650 g/mol. The molecule has 45 heavy (non-hydrogen) atoms. The highest BCUT2D eigenvalue weighted by Crippen LogP contribution is 2.50. The lowest BCUT2D eigenvalue weighted by atomic mass is 10.1. The number of phosphoric acid groups is 1. The normalized spacial score (nSPS) is 29.6. The minimum Gasteiger partial charge on any atom is -0.394 e. The number of aliphatic hydroxyl groups excluding tert-OH is 4. The second kappa shape index (κ2) is 13.0. The number of nitrogen functional groups attached to an aromatic ring is 2. The van der Waals surface area contributed by atoms with Gasteiger partial charge in [0.2, 0.25) is 5.95 Å². The van der Waals surface area contributed by atoms with E-state index in [2.05, 4.69) is 29.9 Å². The van der Waals surface area contributed by atoms with Crippen molar-refractivity contribution < 1.29 is 57.9 Å². The number of nitrogens with one attached hydrogen (secondary N) is 1. The Morgan fingerprint density at radius 2 is 1.62 bits per heavy atom. The van der Waals surface area contributed by atoms with Crippen LogP contribution in [-0.2, 0) is 27.7 Å². The van der Waals surface area contributed by atoms with Gasteiger partial charge >= 0.3 is 16.5 Å². The summed E-state index contributed by atoms with van der Waals surface area (Å²) >= 11 is 0. The van der Waals surface area contributed by atoms with Crippen LogP contribution in [0.3, 0.4) is 0 Å². The first kappa shape index (κ1) is 32.8. The van der Waals surface area contributed by atoms with Gasteiger partial charge in [0.25, 0.3) is 5.56 Å². The van der Waals surface area contributed by atoms with E-state index in [-0.39, 0.29) is 34.1 Å². The minimum absolute atomic E-state index is 0.0830. The Balaban J connectivity index is 0.00000128. The van der Waals surface area contributed by atoms with E-state index in [1.54, 1.807) is 0 Å². The zero-order valence-corrected chi connectivity index (χ0v) is 24.3. The fourth-order valence-electron chi connectivity index (χ4n) is 4.84. The number of aromatic amines is 1. The molecule has 2 fully saturated rings. The van der Waals surface area contributed by atoms with Gasteiger partial charge in [-0.2, -0.15) is 4.98 Å². The van der Waals surface area contributed by atoms with Gasteiger partial charge in [0.15, 0.2) is 35.1 Å². The zero-order valence-electron chi connectivity index (χ0n) is 22.5. The van der Waals surface area contributed by atoms with E-state index in [1.165, 1.54) is 17.2 Å². The second-order valence-corrected chi connectivity index (χ2v) is 11.1. The van der Waals surface area contributed by atoms with E-state index in [4.69, 9.17) is 39.4 Å². The Hall–Kier alpha value is -3.57. The number of fused-ring (bicyclic) bond motifs is 2. The SMILES string of the molecule is Nc1nc2c(ncn2[C@@H]2O[C@H](CO)[C@@H](O)[C@H]2OP(=O)(O)OC[C@H]2O[C@@H](n3cnc4c(N)ncnc43)[C@@H](O)[C@@H]2O)c(=O)[nH]1.O=PO. The Kier molecular flexibility index (Phi) is 9.51. The van der Waals surface area contributed by atoms with Crippen LogP contribution in [0.25, 0.3) is 22.3 Å². The molecule has 0 saturated carbocycles. The highest BCUT2D eigenvalue weighted by Gasteiger charge is 2.50. The maximum Gasteiger partial charge on any atom is 0.472 e. The molecule has 2 saturated heterocycles. The lowest BCUT2D eigenvalue weighted by Crippen LogP contribution is -2.36. The molecule has 6 heterocycles. The number of rotatable bonds is 8. The molecule has 0 amide bonds. The number of imidazole rings is 2. The summed E-state index contributed by atoms with van der Waals surface area (Å²) in [5.74, 6) is -0.171. The molecule has 0 aliphatic carbocycles. The number of H-pyrrole nitrogens is 1. The molecule has 9 atom stereocenters. The van der Waals surface area contributed by atoms with Gasteiger partial charge in [0.1, 0.15) is 48.5 Å². The number of aromatic nitrogens is 8. The Bertz CT molecular complexity index is 1790. The predicted molar refractivity (Wildman–Crippen MR) is 146 cm³/mol. The third kappa shape index (κ3) is 6.29. The number of hydrogen-bond acceptors (Lipinski definition) is 18. The molecule has 0 aromatic carbocycles. The standard InChI is InChI=1S/C20H25N10O11P.HO2P/c21-14-8-15(24-3-23-14)29(4-25-8)18-12(34)10(32)7(40-18)2-38-42(36,37)41-13-11(33)6(1-31)39-19(13)30-5-26-9-16(30)27-20(22)28-17(9)35;1-3-2/h3-7,10-13,18-19,31-34H,1-2H2,(H,36,37)(H2,21,23,24)(H3,22,27,28,35);(H,1,2)/t6-,7-,10-,11-,12+,13-,18-,19-;/m1./s1. The summed E-state index contributed by atoms with van der Waals surface area (Å²) < 4.78 is 45.5. The summed E-state index contributed by atoms with van der Waals surface area (Å²) in [7, 11) is -5.89. The van der Waals surface area contributed by atoms with Crippen molar-refractivity contribution in [3.8, 4) is 0 Å². The Morgan fingerprint density at radius 1 is 0.978 bits per heavy atom. The average Bonchev–Trinajstić information content (AvgIpc) is 3.74. The number of nitrogens with two attached hydrogens (primary N) is 2. The minimum atomic E-state index is -5.06. The quantitative estimate of drug-likeness (QED) is 0.0824. The summed E-state index contributed by atoms with van der Waals surface area (Å²) in [6, 6.07) is 0. The van der Waals surface area contributed by atoms with Crippen molar-refractivity contribution in [3.63, 3.8) is 0 Å². The van der Waals surface area contributed by atoms with E-state index < -0.39 is 84.4 Å². The van der Waals surface area contributed by atoms with Crippen LogP contribution in [0.15, 0.2) is 23.8 Å². The van der Waals surface area contributed by atoms with Crippen molar-refractivity contribution >= 4 is 50.6 Å². The molecule has 4 aromatic heterocycles. The molecule has 0 spiro atoms. The number of ether oxygens (including phenoxy) is 2. The van der Waals surface area contributed by atoms with Crippen LogP contribution in [-0.4, -0.2) is 119 Å². The van der Waals surface area contributed by atoms with Crippen molar-refractivity contribution in [2.45, 2.75) is 49.1 Å². The van der Waals surface area contributed by atoms with Gasteiger partial charge < -0.3 is 51.2 Å². The highest BCUT2D eigenvalue weighted by molar-refractivity contribution is 7.47. The van der Waals surface area contributed by atoms with Crippen molar-refractivity contribution in [2.75, 3.05) is 24.7 Å². The first-order valence-corrected chi connectivity index (χ1v) is 14.9. The van der Waals surface area contributed by atoms with Gasteiger partial charge in [-0.05, 0) is 0 Å². The van der Waals surface area contributed by atoms with E-state index >= 15 is 0 Å². The Morgan fingerprint density at radius 3 is 2.31 bits per heavy atom. The summed E-state index contributed by atoms with van der Waals surface area (Å²) in [4.78, 5) is 51.9. The lowest BCUT2D eigenvalue weighted by molar-refractivity contribution is -0.0615. The van der Waals surface area contributed by atoms with Gasteiger partial charge in [0, 0.05) is 0 Å². The van der Waals surface area contributed by atoms with E-state index in [1.807, 2.05) is 0 Å². The molecule has 244 valence electrons. The number of phosphoric ester groups is 1. The maximum absolute atomic E-state index is 13.0. The van der Waals surface area contributed by atoms with Gasteiger partial charge in [-0.15, -0.1) is 0 Å². The Labute approximate surface area is 250 Å². The lowest BCUT2D eigenvalue weighted by Gasteiger charge is -2.24. The van der Waals surface area contributed by atoms with E-state index in [0.717, 1.165) is 10.9 Å². The van der Waals surface area contributed by atoms with Crippen molar-refractivity contribution in [1.29, 1.82) is 0 Å². The molecular formula is C20H26N10O13P2. The molecule has 2 aliphatic rings. The maximum atomic E-state index is 13.0. The molecule has 1 unspecified atom stereocenters. The molecule has 11 N–H and O–H groups in total. The van der Waals surface area contributed by atoms with Crippen LogP contribution in [0.1, 0.15) is 12.5 Å². The van der Waals surface area contributed by atoms with Gasteiger partial charge in [-0.25, -0.2) is 29.1 Å². The predicted octanol–water partition coefficient (Wildman–Crippen LogP) is -3.32. The smallest absolute Gasteiger partial charge is 0.394 e. The van der Waals surface area contributed by atoms with Crippen LogP contribution < -0.4 is 17.0 Å². The van der Waals surface area contributed by atoms with Crippen molar-refractivity contribution in [3.05, 3.63) is 29.3 Å². The van der Waals surface area contributed by atoms with Crippen molar-refractivity contribution in [2.24, 2.45) is 0 Å². The van der Waals surface area contributed by atoms with E-state index in [0.29, 0.717) is 0 Å². The van der Waals surface area contributed by atoms with Crippen LogP contribution in [0, 0.1) is 0 Å². The number of hydrogen-bond donors (Lipinski definition) is 9. The second-order valence-electron chi connectivity index (χ2n) is 9.56. The van der Waals surface area contributed by atoms with Crippen molar-refractivity contribution in [1.82, 2.24) is 39.0 Å². The molecule has 6 rings (SSSR count). The zero-order chi connectivity index (χ0) is 32.6. The monoisotopic (exact) mass is 676 g/mol. The molecule has 23 nitrogen and oxygen atoms in total. The largest absolute Gasteiger partial charge is 0.472 e. The number of anilines is 2. The van der Waals surface area contributed by atoms with Crippen LogP contribution >= 0.6 is 16.5 Å². The van der Waals surface area contributed by atoms with Crippen LogP contribution in [0.2, 0.25) is 0 Å². The number of aliphatic hydroxyl groups is 4. The van der Waals surface area contributed by atoms with Gasteiger partial charge in [0.05, 0.1) is 25.9 Å². The summed E-state index contributed by atoms with van der Waals surface area (Å²) in [5, 5.41) is 41.5. The third-order valence-electron chi connectivity index (χ3n) is 6.87. The summed E-state index contributed by atoms with van der Waals surface area (Å²) in [6.07, 6.45) is -8.05. The first-order valence-electron chi connectivity index (χ1n) is 12.6. The van der Waals surface area contributed by atoms with Crippen LogP contribution in [0.5, 0.6) is 0 Å². The van der Waals surface area contributed by atoms with Gasteiger partial charge in [-0.3, -0.25) is 28.0 Å². The average molecular weight is 676 g/mol. The summed E-state index contributed by atoms with van der Waals surface area (Å²) in [6.45, 7) is -1.44. The fourth-order valence-corrected chi connectivity index (χ4v) is 5.77. The molecule has 2 aliphatic heterocycles.